The summed E-state index contributed by atoms with van der Waals surface area (Å²) in [6, 6.07) is 11.1. The van der Waals surface area contributed by atoms with Gasteiger partial charge in [-0.25, -0.2) is 4.98 Å². The average molecular weight is 349 g/mol. The number of fused-ring (bicyclic) bond motifs is 1. The fraction of sp³-hybridized carbons (Fsp3) is 0.211. The summed E-state index contributed by atoms with van der Waals surface area (Å²) in [6.45, 7) is 0. The molecular weight excluding hydrogens is 330 g/mol. The number of nitrogens with zero attached hydrogens (tertiary/aromatic N) is 1. The number of amides is 1. The highest BCUT2D eigenvalue weighted by Gasteiger charge is 2.30. The zero-order valence-corrected chi connectivity index (χ0v) is 14.3. The van der Waals surface area contributed by atoms with Crippen molar-refractivity contribution in [2.24, 2.45) is 5.92 Å². The van der Waals surface area contributed by atoms with Crippen molar-refractivity contribution < 1.29 is 4.79 Å². The van der Waals surface area contributed by atoms with Gasteiger partial charge in [0.15, 0.2) is 0 Å². The van der Waals surface area contributed by atoms with Crippen LogP contribution in [0.5, 0.6) is 0 Å². The molecule has 1 aromatic carbocycles. The first kappa shape index (κ1) is 16.1. The van der Waals surface area contributed by atoms with Crippen molar-refractivity contribution >= 4 is 39.7 Å². The van der Waals surface area contributed by atoms with E-state index in [0.29, 0.717) is 22.4 Å². The number of H-pyrrole nitrogens is 1. The van der Waals surface area contributed by atoms with Gasteiger partial charge in [0.1, 0.15) is 5.82 Å². The van der Waals surface area contributed by atoms with Crippen LogP contribution in [0, 0.1) is 5.92 Å². The van der Waals surface area contributed by atoms with Gasteiger partial charge < -0.3 is 20.9 Å². The van der Waals surface area contributed by atoms with E-state index >= 15 is 0 Å². The van der Waals surface area contributed by atoms with Crippen molar-refractivity contribution in [1.82, 2.24) is 9.97 Å². The number of hydrogen-bond donors (Lipinski definition) is 4. The normalized spacial score (nSPS) is 13.4. The highest BCUT2D eigenvalue weighted by molar-refractivity contribution is 5.99. The highest BCUT2D eigenvalue weighted by Crippen LogP contribution is 2.32. The van der Waals surface area contributed by atoms with Gasteiger partial charge in [0.25, 0.3) is 5.56 Å². The van der Waals surface area contributed by atoms with E-state index in [-0.39, 0.29) is 17.4 Å². The van der Waals surface area contributed by atoms with Crippen LogP contribution in [0.3, 0.4) is 0 Å². The number of pyridine rings is 2. The molecule has 0 saturated heterocycles. The molecule has 26 heavy (non-hydrogen) atoms. The minimum absolute atomic E-state index is 0.0248. The fourth-order valence-electron chi connectivity index (χ4n) is 2.88. The Hall–Kier alpha value is -3.35. The van der Waals surface area contributed by atoms with Crippen LogP contribution in [0.15, 0.2) is 47.4 Å². The molecule has 0 bridgehead atoms. The van der Waals surface area contributed by atoms with Gasteiger partial charge >= 0.3 is 0 Å². The number of benzene rings is 1. The Morgan fingerprint density at radius 2 is 1.92 bits per heavy atom. The van der Waals surface area contributed by atoms with E-state index in [2.05, 4.69) is 25.9 Å². The summed E-state index contributed by atoms with van der Waals surface area (Å²) in [5.74, 6) is 0.487. The van der Waals surface area contributed by atoms with Crippen molar-refractivity contribution in [3.8, 4) is 0 Å². The molecule has 2 heterocycles. The Morgan fingerprint density at radius 1 is 1.15 bits per heavy atom. The quantitative estimate of drug-likeness (QED) is 0.567. The summed E-state index contributed by atoms with van der Waals surface area (Å²) in [6.07, 6.45) is 3.38. The zero-order chi connectivity index (χ0) is 18.1. The number of carbonyl (C=O) groups excluding carboxylic acids is 1. The molecule has 1 amide bonds. The van der Waals surface area contributed by atoms with E-state index in [1.54, 1.807) is 18.3 Å². The molecule has 1 aliphatic carbocycles. The van der Waals surface area contributed by atoms with Gasteiger partial charge in [0.05, 0.1) is 28.0 Å². The number of para-hydroxylation sites is 2. The summed E-state index contributed by atoms with van der Waals surface area (Å²) >= 11 is 0. The standard InChI is InChI=1S/C19H19N5O2/c1-20-12-4-2-3-5-13(12)22-15-10-16(24-18(25)11-6-7-11)23-14-8-9-21-19(26)17(14)15/h2-5,8-11,20H,6-7H2,1H3,(H,21,26)(H2,22,23,24,25). The Kier molecular flexibility index (Phi) is 4.04. The smallest absolute Gasteiger partial charge is 0.259 e. The second-order valence-corrected chi connectivity index (χ2v) is 6.31. The Labute approximate surface area is 149 Å². The van der Waals surface area contributed by atoms with Gasteiger partial charge in [-0.1, -0.05) is 12.1 Å². The fourth-order valence-corrected chi connectivity index (χ4v) is 2.88. The predicted molar refractivity (Wildman–Crippen MR) is 103 cm³/mol. The van der Waals surface area contributed by atoms with E-state index in [1.807, 2.05) is 31.3 Å². The number of aromatic nitrogens is 2. The first-order valence-electron chi connectivity index (χ1n) is 8.53. The minimum atomic E-state index is -0.237. The SMILES string of the molecule is CNc1ccccc1Nc1cc(NC(=O)C2CC2)nc2cc[nH]c(=O)c12. The lowest BCUT2D eigenvalue weighted by Gasteiger charge is -2.14. The van der Waals surface area contributed by atoms with E-state index in [1.165, 1.54) is 0 Å². The zero-order valence-electron chi connectivity index (χ0n) is 14.3. The summed E-state index contributed by atoms with van der Waals surface area (Å²) in [4.78, 5) is 31.6. The van der Waals surface area contributed by atoms with Crippen LogP contribution < -0.4 is 21.5 Å². The van der Waals surface area contributed by atoms with Crippen LogP contribution in [-0.4, -0.2) is 22.9 Å². The van der Waals surface area contributed by atoms with Crippen molar-refractivity contribution in [2.45, 2.75) is 12.8 Å². The van der Waals surface area contributed by atoms with E-state index in [9.17, 15) is 9.59 Å². The number of rotatable bonds is 5. The summed E-state index contributed by atoms with van der Waals surface area (Å²) in [5, 5.41) is 9.71. The van der Waals surface area contributed by atoms with E-state index in [4.69, 9.17) is 0 Å². The predicted octanol–water partition coefficient (Wildman–Crippen LogP) is 3.06. The van der Waals surface area contributed by atoms with Crippen LogP contribution in [0.2, 0.25) is 0 Å². The Balaban J connectivity index is 1.80. The summed E-state index contributed by atoms with van der Waals surface area (Å²) in [5.41, 5.74) is 2.59. The van der Waals surface area contributed by atoms with E-state index < -0.39 is 0 Å². The highest BCUT2D eigenvalue weighted by atomic mass is 16.2. The van der Waals surface area contributed by atoms with Crippen molar-refractivity contribution in [3.63, 3.8) is 0 Å². The number of anilines is 4. The largest absolute Gasteiger partial charge is 0.386 e. The van der Waals surface area contributed by atoms with Crippen molar-refractivity contribution in [3.05, 3.63) is 52.9 Å². The van der Waals surface area contributed by atoms with Crippen LogP contribution in [0.4, 0.5) is 22.9 Å². The summed E-state index contributed by atoms with van der Waals surface area (Å²) in [7, 11) is 1.83. The lowest BCUT2D eigenvalue weighted by Crippen LogP contribution is -2.16. The molecule has 1 saturated carbocycles. The maximum Gasteiger partial charge on any atom is 0.259 e. The lowest BCUT2D eigenvalue weighted by atomic mass is 10.2. The van der Waals surface area contributed by atoms with Crippen LogP contribution in [0.1, 0.15) is 12.8 Å². The third-order valence-corrected chi connectivity index (χ3v) is 4.40. The number of nitrogens with one attached hydrogen (secondary N) is 4. The molecule has 7 nitrogen and oxygen atoms in total. The molecular formula is C19H19N5O2. The second kappa shape index (κ2) is 6.51. The van der Waals surface area contributed by atoms with E-state index in [0.717, 1.165) is 24.2 Å². The molecule has 1 fully saturated rings. The maximum atomic E-state index is 12.4. The lowest BCUT2D eigenvalue weighted by molar-refractivity contribution is -0.117. The summed E-state index contributed by atoms with van der Waals surface area (Å²) < 4.78 is 0. The monoisotopic (exact) mass is 349 g/mol. The minimum Gasteiger partial charge on any atom is -0.386 e. The molecule has 3 aromatic rings. The molecule has 0 aliphatic heterocycles. The van der Waals surface area contributed by atoms with Crippen LogP contribution in [-0.2, 0) is 4.79 Å². The first-order valence-corrected chi connectivity index (χ1v) is 8.53. The van der Waals surface area contributed by atoms with Crippen molar-refractivity contribution in [2.75, 3.05) is 23.0 Å². The third-order valence-electron chi connectivity index (χ3n) is 4.40. The average Bonchev–Trinajstić information content (AvgIpc) is 3.47. The molecule has 0 atom stereocenters. The van der Waals surface area contributed by atoms with Gasteiger partial charge in [0, 0.05) is 25.2 Å². The molecule has 132 valence electrons. The number of aromatic amines is 1. The Bertz CT molecular complexity index is 1040. The molecule has 4 rings (SSSR count). The molecule has 0 unspecified atom stereocenters. The molecule has 7 heteroatoms. The van der Waals surface area contributed by atoms with Gasteiger partial charge in [-0.15, -0.1) is 0 Å². The molecule has 0 radical (unpaired) electrons. The maximum absolute atomic E-state index is 12.4. The number of carbonyl (C=O) groups is 1. The third kappa shape index (κ3) is 3.11. The Morgan fingerprint density at radius 3 is 2.65 bits per heavy atom. The van der Waals surface area contributed by atoms with Gasteiger partial charge in [-0.2, -0.15) is 0 Å². The van der Waals surface area contributed by atoms with Gasteiger partial charge in [-0.05, 0) is 31.0 Å². The van der Waals surface area contributed by atoms with Crippen molar-refractivity contribution in [1.29, 1.82) is 0 Å². The number of hydrogen-bond acceptors (Lipinski definition) is 5. The molecule has 4 N–H and O–H groups in total. The first-order chi connectivity index (χ1) is 12.7. The van der Waals surface area contributed by atoms with Crippen LogP contribution >= 0.6 is 0 Å². The topological polar surface area (TPSA) is 98.9 Å². The molecule has 0 spiro atoms. The van der Waals surface area contributed by atoms with Crippen LogP contribution in [0.25, 0.3) is 10.9 Å². The second-order valence-electron chi connectivity index (χ2n) is 6.31. The molecule has 2 aromatic heterocycles. The molecule has 1 aliphatic rings. The van der Waals surface area contributed by atoms with Gasteiger partial charge in [0.2, 0.25) is 5.91 Å². The van der Waals surface area contributed by atoms with Gasteiger partial charge in [-0.3, -0.25) is 9.59 Å².